The Morgan fingerprint density at radius 3 is 2.17 bits per heavy atom. The van der Waals surface area contributed by atoms with Gasteiger partial charge in [0.25, 0.3) is 0 Å². The zero-order valence-electron chi connectivity index (χ0n) is 17.4. The first-order valence-corrected chi connectivity index (χ1v) is 9.84. The molecule has 1 aliphatic rings. The molecule has 3 rings (SSSR count). The van der Waals surface area contributed by atoms with Crippen LogP contribution in [0.5, 0.6) is 0 Å². The lowest BCUT2D eigenvalue weighted by molar-refractivity contribution is -0.239. The van der Waals surface area contributed by atoms with E-state index in [0.717, 1.165) is 22.2 Å². The number of carbonyl (C=O) groups excluding carboxylic acids is 3. The Morgan fingerprint density at radius 2 is 1.57 bits per heavy atom. The number of nitrogens with one attached hydrogen (secondary N) is 1. The number of aryl methyl sites for hydroxylation is 2. The van der Waals surface area contributed by atoms with Gasteiger partial charge in [-0.2, -0.15) is 0 Å². The maximum Gasteiger partial charge on any atom is 0.303 e. The highest BCUT2D eigenvalue weighted by atomic mass is 32.1. The molecule has 0 saturated carbocycles. The minimum absolute atomic E-state index is 0.0702. The number of hydrogen-bond donors (Lipinski definition) is 1. The van der Waals surface area contributed by atoms with Crippen molar-refractivity contribution in [2.75, 3.05) is 6.61 Å². The molecule has 9 nitrogen and oxygen atoms in total. The van der Waals surface area contributed by atoms with Crippen molar-refractivity contribution in [1.29, 1.82) is 0 Å². The van der Waals surface area contributed by atoms with E-state index < -0.39 is 42.4 Å². The summed E-state index contributed by atoms with van der Waals surface area (Å²) in [7, 11) is 0. The molecule has 1 fully saturated rings. The summed E-state index contributed by atoms with van der Waals surface area (Å²) in [5.41, 5.74) is 3.66. The molecule has 0 aliphatic carbocycles. The van der Waals surface area contributed by atoms with E-state index in [2.05, 4.69) is 4.98 Å². The Kier molecular flexibility index (Phi) is 6.27. The van der Waals surface area contributed by atoms with Crippen molar-refractivity contribution in [1.82, 2.24) is 9.55 Å². The Labute approximate surface area is 178 Å². The second-order valence-corrected chi connectivity index (χ2v) is 7.66. The highest BCUT2D eigenvalue weighted by Gasteiger charge is 2.48. The number of carbonyl (C=O) groups is 3. The van der Waals surface area contributed by atoms with E-state index in [1.54, 1.807) is 4.57 Å². The molecule has 0 amide bonds. The van der Waals surface area contributed by atoms with Crippen molar-refractivity contribution in [3.05, 3.63) is 28.0 Å². The SMILES string of the molecule is CC(=O)O[C@H]1[C@H](OC(C)=O)[C@H](OC(C)=O)CO[C@H]1n1c(=S)[nH]c2cc(C)c(C)cc21. The van der Waals surface area contributed by atoms with Gasteiger partial charge in [-0.15, -0.1) is 0 Å². The largest absolute Gasteiger partial charge is 0.456 e. The smallest absolute Gasteiger partial charge is 0.303 e. The third kappa shape index (κ3) is 4.39. The van der Waals surface area contributed by atoms with Crippen molar-refractivity contribution in [2.45, 2.75) is 59.2 Å². The molecule has 2 aromatic rings. The summed E-state index contributed by atoms with van der Waals surface area (Å²) in [6.07, 6.45) is -3.98. The number of rotatable bonds is 4. The molecule has 0 unspecified atom stereocenters. The van der Waals surface area contributed by atoms with E-state index in [-0.39, 0.29) is 6.61 Å². The first-order valence-electron chi connectivity index (χ1n) is 9.43. The zero-order chi connectivity index (χ0) is 22.2. The summed E-state index contributed by atoms with van der Waals surface area (Å²) in [5.74, 6) is -1.79. The van der Waals surface area contributed by atoms with Gasteiger partial charge in [-0.05, 0) is 49.3 Å². The average Bonchev–Trinajstić information content (AvgIpc) is 2.92. The average molecular weight is 436 g/mol. The molecule has 0 radical (unpaired) electrons. The van der Waals surface area contributed by atoms with Crippen molar-refractivity contribution < 1.29 is 33.3 Å². The van der Waals surface area contributed by atoms with Crippen LogP contribution < -0.4 is 0 Å². The fourth-order valence-corrected chi connectivity index (χ4v) is 3.89. The lowest BCUT2D eigenvalue weighted by Gasteiger charge is -2.40. The van der Waals surface area contributed by atoms with Crippen molar-refractivity contribution in [3.8, 4) is 0 Å². The van der Waals surface area contributed by atoms with Crippen LogP contribution in [0.3, 0.4) is 0 Å². The first-order chi connectivity index (χ1) is 14.1. The van der Waals surface area contributed by atoms with Gasteiger partial charge in [-0.1, -0.05) is 0 Å². The van der Waals surface area contributed by atoms with E-state index in [1.807, 2.05) is 26.0 Å². The van der Waals surface area contributed by atoms with Gasteiger partial charge in [0, 0.05) is 20.8 Å². The summed E-state index contributed by atoms with van der Waals surface area (Å²) in [6, 6.07) is 3.91. The predicted octanol–water partition coefficient (Wildman–Crippen LogP) is 2.64. The van der Waals surface area contributed by atoms with Crippen LogP contribution in [0.25, 0.3) is 11.0 Å². The van der Waals surface area contributed by atoms with Crippen LogP contribution in [0.2, 0.25) is 0 Å². The van der Waals surface area contributed by atoms with Crippen LogP contribution in [-0.4, -0.2) is 52.4 Å². The van der Waals surface area contributed by atoms with Crippen molar-refractivity contribution >= 4 is 41.2 Å². The minimum Gasteiger partial charge on any atom is -0.456 e. The van der Waals surface area contributed by atoms with Crippen LogP contribution in [-0.2, 0) is 33.3 Å². The summed E-state index contributed by atoms with van der Waals surface area (Å²) in [6.45, 7) is 7.59. The normalized spacial score (nSPS) is 23.8. The standard InChI is InChI=1S/C20H24N2O7S/c1-9-6-14-15(7-10(9)2)22(20(30)21-14)19-18(29-13(5)25)17(28-12(4)24)16(8-26-19)27-11(3)23/h6-7,16-19H,8H2,1-5H3,(H,21,30)/t16-,17-,18+,19-/m1/s1. The molecule has 10 heteroatoms. The van der Waals surface area contributed by atoms with Gasteiger partial charge in [-0.3, -0.25) is 19.0 Å². The number of fused-ring (bicyclic) bond motifs is 1. The van der Waals surface area contributed by atoms with Crippen molar-refractivity contribution in [3.63, 3.8) is 0 Å². The van der Waals surface area contributed by atoms with E-state index >= 15 is 0 Å². The Hall–Kier alpha value is -2.72. The number of benzene rings is 1. The molecule has 1 N–H and O–H groups in total. The summed E-state index contributed by atoms with van der Waals surface area (Å²) in [5, 5.41) is 0. The van der Waals surface area contributed by atoms with E-state index in [0.29, 0.717) is 4.77 Å². The zero-order valence-corrected chi connectivity index (χ0v) is 18.2. The van der Waals surface area contributed by atoms with Gasteiger partial charge in [0.1, 0.15) is 0 Å². The second kappa shape index (κ2) is 8.57. The fourth-order valence-electron chi connectivity index (χ4n) is 3.58. The highest BCUT2D eigenvalue weighted by molar-refractivity contribution is 7.71. The van der Waals surface area contributed by atoms with E-state index in [9.17, 15) is 14.4 Å². The quantitative estimate of drug-likeness (QED) is 0.443. The van der Waals surface area contributed by atoms with E-state index in [4.69, 9.17) is 31.2 Å². The number of H-pyrrole nitrogens is 1. The fraction of sp³-hybridized carbons (Fsp3) is 0.500. The van der Waals surface area contributed by atoms with Gasteiger partial charge in [0.2, 0.25) is 0 Å². The number of aromatic nitrogens is 2. The first kappa shape index (κ1) is 22.0. The van der Waals surface area contributed by atoms with Crippen molar-refractivity contribution in [2.24, 2.45) is 0 Å². The number of imidazole rings is 1. The molecular formula is C20H24N2O7S. The highest BCUT2D eigenvalue weighted by Crippen LogP contribution is 2.34. The van der Waals surface area contributed by atoms with Crippen LogP contribution in [0, 0.1) is 18.6 Å². The number of nitrogens with zero attached hydrogens (tertiary/aromatic N) is 1. The number of hydrogen-bond acceptors (Lipinski definition) is 8. The second-order valence-electron chi connectivity index (χ2n) is 7.27. The number of esters is 3. The van der Waals surface area contributed by atoms with Crippen LogP contribution in [0.1, 0.15) is 38.1 Å². The van der Waals surface area contributed by atoms with Gasteiger partial charge in [0.05, 0.1) is 17.6 Å². The Balaban J connectivity index is 2.12. The number of ether oxygens (including phenoxy) is 4. The maximum absolute atomic E-state index is 11.9. The monoisotopic (exact) mass is 436 g/mol. The Bertz CT molecular complexity index is 1060. The molecule has 0 bridgehead atoms. The van der Waals surface area contributed by atoms with Gasteiger partial charge in [0.15, 0.2) is 29.3 Å². The molecule has 2 heterocycles. The molecule has 30 heavy (non-hydrogen) atoms. The molecule has 0 spiro atoms. The lowest BCUT2D eigenvalue weighted by Crippen LogP contribution is -2.55. The maximum atomic E-state index is 11.9. The van der Waals surface area contributed by atoms with Gasteiger partial charge >= 0.3 is 17.9 Å². The third-order valence-corrected chi connectivity index (χ3v) is 5.21. The summed E-state index contributed by atoms with van der Waals surface area (Å²) in [4.78, 5) is 38.3. The molecule has 1 aliphatic heterocycles. The van der Waals surface area contributed by atoms with Gasteiger partial charge in [-0.25, -0.2) is 0 Å². The molecule has 1 aromatic carbocycles. The Morgan fingerprint density at radius 1 is 1.00 bits per heavy atom. The van der Waals surface area contributed by atoms with Gasteiger partial charge < -0.3 is 23.9 Å². The molecule has 1 saturated heterocycles. The summed E-state index contributed by atoms with van der Waals surface area (Å²) >= 11 is 5.51. The van der Waals surface area contributed by atoms with Crippen LogP contribution >= 0.6 is 12.2 Å². The van der Waals surface area contributed by atoms with E-state index in [1.165, 1.54) is 20.8 Å². The number of aromatic amines is 1. The van der Waals surface area contributed by atoms with Crippen LogP contribution in [0.15, 0.2) is 12.1 Å². The molecular weight excluding hydrogens is 412 g/mol. The minimum atomic E-state index is -1.09. The third-order valence-electron chi connectivity index (χ3n) is 4.91. The topological polar surface area (TPSA) is 109 Å². The predicted molar refractivity (Wildman–Crippen MR) is 108 cm³/mol. The lowest BCUT2D eigenvalue weighted by atomic mass is 10.0. The van der Waals surface area contributed by atoms with Crippen LogP contribution in [0.4, 0.5) is 0 Å². The molecule has 1 aromatic heterocycles. The molecule has 162 valence electrons. The molecule has 4 atom stereocenters. The summed E-state index contributed by atoms with van der Waals surface area (Å²) < 4.78 is 24.2.